The monoisotopic (exact) mass is 416 g/mol. The Morgan fingerprint density at radius 2 is 2.00 bits per heavy atom. The number of ether oxygens (including phenoxy) is 1. The molecular weight excluding hydrogens is 388 g/mol. The zero-order valence-corrected chi connectivity index (χ0v) is 18.2. The number of aliphatic hydroxyl groups is 1. The van der Waals surface area contributed by atoms with E-state index in [1.807, 2.05) is 29.5 Å². The van der Waals surface area contributed by atoms with E-state index in [-0.39, 0.29) is 11.8 Å². The van der Waals surface area contributed by atoms with Crippen LogP contribution in [0.25, 0.3) is 5.69 Å². The van der Waals surface area contributed by atoms with Gasteiger partial charge in [-0.15, -0.1) is 16.1 Å². The number of nitrogens with zero attached hydrogens (tertiary/aromatic N) is 4. The van der Waals surface area contributed by atoms with E-state index in [0.717, 1.165) is 18.4 Å². The van der Waals surface area contributed by atoms with Crippen LogP contribution in [-0.4, -0.2) is 49.6 Å². The average molecular weight is 417 g/mol. The molecule has 0 aromatic carbocycles. The summed E-state index contributed by atoms with van der Waals surface area (Å²) < 4.78 is 5.94. The van der Waals surface area contributed by atoms with Crippen molar-refractivity contribution < 1.29 is 14.6 Å². The van der Waals surface area contributed by atoms with Gasteiger partial charge in [0.2, 0.25) is 0 Å². The van der Waals surface area contributed by atoms with Crippen LogP contribution in [0.15, 0.2) is 46.8 Å². The highest BCUT2D eigenvalue weighted by Crippen LogP contribution is 2.29. The second kappa shape index (κ2) is 8.51. The van der Waals surface area contributed by atoms with Crippen LogP contribution in [0.3, 0.4) is 0 Å². The highest BCUT2D eigenvalue weighted by atomic mass is 32.1. The number of carbonyl (C=O) groups is 1. The summed E-state index contributed by atoms with van der Waals surface area (Å²) in [4.78, 5) is 16.5. The van der Waals surface area contributed by atoms with E-state index in [0.29, 0.717) is 35.9 Å². The third-order valence-corrected chi connectivity index (χ3v) is 6.13. The molecule has 7 nitrogen and oxygen atoms in total. The summed E-state index contributed by atoms with van der Waals surface area (Å²) in [5.74, 6) is 1.29. The fourth-order valence-corrected chi connectivity index (χ4v) is 4.10. The number of allylic oxidation sites excluding steroid dienone is 1. The minimum atomic E-state index is -0.950. The van der Waals surface area contributed by atoms with Crippen molar-refractivity contribution in [1.29, 1.82) is 0 Å². The molecule has 1 amide bonds. The van der Waals surface area contributed by atoms with Gasteiger partial charge in [-0.2, -0.15) is 10.2 Å². The highest BCUT2D eigenvalue weighted by molar-refractivity contribution is 7.08. The number of amides is 1. The molecule has 0 radical (unpaired) electrons. The summed E-state index contributed by atoms with van der Waals surface area (Å²) in [5.41, 5.74) is 1.11. The zero-order chi connectivity index (χ0) is 21.2. The lowest BCUT2D eigenvalue weighted by molar-refractivity contribution is 0.0659. The molecule has 0 saturated carbocycles. The Morgan fingerprint density at radius 1 is 1.31 bits per heavy atom. The SMILES string of the molecule is C=C(O/C(C)=C(\C)C(C)(C)O)C1CCCN(C(=O)c2cscc2-n2nccn2)C1. The van der Waals surface area contributed by atoms with Gasteiger partial charge in [-0.3, -0.25) is 4.79 Å². The van der Waals surface area contributed by atoms with Crippen LogP contribution in [0.4, 0.5) is 0 Å². The summed E-state index contributed by atoms with van der Waals surface area (Å²) in [5, 5.41) is 22.2. The molecule has 2 aromatic heterocycles. The molecule has 1 aliphatic heterocycles. The van der Waals surface area contributed by atoms with E-state index in [4.69, 9.17) is 4.74 Å². The van der Waals surface area contributed by atoms with Gasteiger partial charge in [0.1, 0.15) is 17.2 Å². The van der Waals surface area contributed by atoms with E-state index >= 15 is 0 Å². The number of likely N-dealkylation sites (tertiary alicyclic amines) is 1. The van der Waals surface area contributed by atoms with Crippen molar-refractivity contribution >= 4 is 17.2 Å². The third-order valence-electron chi connectivity index (χ3n) is 5.40. The number of aromatic nitrogens is 3. The van der Waals surface area contributed by atoms with Crippen LogP contribution in [0.5, 0.6) is 0 Å². The van der Waals surface area contributed by atoms with Crippen LogP contribution in [0.1, 0.15) is 50.9 Å². The molecule has 0 bridgehead atoms. The van der Waals surface area contributed by atoms with Gasteiger partial charge < -0.3 is 14.7 Å². The van der Waals surface area contributed by atoms with Gasteiger partial charge >= 0.3 is 0 Å². The van der Waals surface area contributed by atoms with Crippen LogP contribution in [-0.2, 0) is 4.74 Å². The largest absolute Gasteiger partial charge is 0.467 e. The lowest BCUT2D eigenvalue weighted by Crippen LogP contribution is -2.40. The first-order valence-corrected chi connectivity index (χ1v) is 10.6. The Morgan fingerprint density at radius 3 is 2.66 bits per heavy atom. The summed E-state index contributed by atoms with van der Waals surface area (Å²) in [7, 11) is 0. The molecule has 3 rings (SSSR count). The standard InChI is InChI=1S/C21H28N4O3S/c1-14(21(4,5)27)15(2)28-16(3)17-7-6-10-24(11-17)20(26)18-12-29-13-19(18)25-22-8-9-23-25/h8-9,12-13,17,27H,3,6-7,10-11H2,1-2,4-5H3/b15-14+. The van der Waals surface area contributed by atoms with Crippen molar-refractivity contribution in [3.63, 3.8) is 0 Å². The molecule has 1 fully saturated rings. The highest BCUT2D eigenvalue weighted by Gasteiger charge is 2.29. The molecule has 2 aromatic rings. The lowest BCUT2D eigenvalue weighted by atomic mass is 9.95. The number of thiophene rings is 1. The first-order chi connectivity index (χ1) is 13.7. The maximum absolute atomic E-state index is 13.2. The van der Waals surface area contributed by atoms with Crippen molar-refractivity contribution in [3.8, 4) is 5.69 Å². The van der Waals surface area contributed by atoms with Gasteiger partial charge in [0, 0.05) is 29.8 Å². The molecular formula is C21H28N4O3S. The van der Waals surface area contributed by atoms with E-state index in [2.05, 4.69) is 16.8 Å². The maximum atomic E-state index is 13.2. The van der Waals surface area contributed by atoms with Gasteiger partial charge in [0.25, 0.3) is 5.91 Å². The molecule has 1 saturated heterocycles. The minimum Gasteiger partial charge on any atom is -0.467 e. The zero-order valence-electron chi connectivity index (χ0n) is 17.4. The van der Waals surface area contributed by atoms with Gasteiger partial charge in [0.15, 0.2) is 0 Å². The molecule has 1 atom stereocenters. The topological polar surface area (TPSA) is 80.5 Å². The summed E-state index contributed by atoms with van der Waals surface area (Å²) >= 11 is 1.46. The minimum absolute atomic E-state index is 0.0315. The first-order valence-electron chi connectivity index (χ1n) is 9.67. The lowest BCUT2D eigenvalue weighted by Gasteiger charge is -2.34. The third kappa shape index (κ3) is 4.76. The number of piperidine rings is 1. The molecule has 1 unspecified atom stereocenters. The molecule has 1 aliphatic rings. The van der Waals surface area contributed by atoms with E-state index in [1.54, 1.807) is 26.2 Å². The van der Waals surface area contributed by atoms with Crippen LogP contribution >= 0.6 is 11.3 Å². The molecule has 0 aliphatic carbocycles. The van der Waals surface area contributed by atoms with Gasteiger partial charge in [-0.1, -0.05) is 6.58 Å². The van der Waals surface area contributed by atoms with Crippen LogP contribution in [0, 0.1) is 5.92 Å². The molecule has 3 heterocycles. The fourth-order valence-electron chi connectivity index (χ4n) is 3.33. The number of hydrogen-bond acceptors (Lipinski definition) is 6. The number of hydrogen-bond donors (Lipinski definition) is 1. The van der Waals surface area contributed by atoms with Gasteiger partial charge in [-0.25, -0.2) is 0 Å². The van der Waals surface area contributed by atoms with Crippen molar-refractivity contribution in [3.05, 3.63) is 52.4 Å². The predicted octanol–water partition coefficient (Wildman–Crippen LogP) is 3.78. The fraction of sp³-hybridized carbons (Fsp3) is 0.476. The van der Waals surface area contributed by atoms with Gasteiger partial charge in [0.05, 0.1) is 23.6 Å². The van der Waals surface area contributed by atoms with Crippen molar-refractivity contribution in [2.75, 3.05) is 13.1 Å². The van der Waals surface area contributed by atoms with Crippen LogP contribution < -0.4 is 0 Å². The summed E-state index contributed by atoms with van der Waals surface area (Å²) in [6.45, 7) is 12.5. The maximum Gasteiger partial charge on any atom is 0.256 e. The second-order valence-corrected chi connectivity index (χ2v) is 8.63. The predicted molar refractivity (Wildman–Crippen MR) is 113 cm³/mol. The quantitative estimate of drug-likeness (QED) is 0.725. The molecule has 29 heavy (non-hydrogen) atoms. The van der Waals surface area contributed by atoms with Crippen molar-refractivity contribution in [2.45, 2.75) is 46.1 Å². The number of rotatable bonds is 6. The average Bonchev–Trinajstić information content (AvgIpc) is 3.37. The Kier molecular flexibility index (Phi) is 6.24. The van der Waals surface area contributed by atoms with Crippen molar-refractivity contribution in [2.24, 2.45) is 5.92 Å². The molecule has 8 heteroatoms. The smallest absolute Gasteiger partial charge is 0.256 e. The van der Waals surface area contributed by atoms with E-state index < -0.39 is 5.60 Å². The molecule has 1 N–H and O–H groups in total. The second-order valence-electron chi connectivity index (χ2n) is 7.89. The summed E-state index contributed by atoms with van der Waals surface area (Å²) in [6, 6.07) is 0. The Labute approximate surface area is 175 Å². The first kappa shape index (κ1) is 21.3. The van der Waals surface area contributed by atoms with Crippen LogP contribution in [0.2, 0.25) is 0 Å². The van der Waals surface area contributed by atoms with Gasteiger partial charge in [-0.05, 0) is 46.1 Å². The Hall–Kier alpha value is -2.45. The summed E-state index contributed by atoms with van der Waals surface area (Å²) in [6.07, 6.45) is 4.98. The normalized spacial score (nSPS) is 18.4. The van der Waals surface area contributed by atoms with Crippen molar-refractivity contribution in [1.82, 2.24) is 19.9 Å². The van der Waals surface area contributed by atoms with E-state index in [9.17, 15) is 9.90 Å². The Balaban J connectivity index is 1.71. The van der Waals surface area contributed by atoms with E-state index in [1.165, 1.54) is 16.1 Å². The Bertz CT molecular complexity index is 909. The number of carbonyl (C=O) groups excluding carboxylic acids is 1. The molecule has 0 spiro atoms. The molecule has 156 valence electrons.